The van der Waals surface area contributed by atoms with Crippen LogP contribution in [0.5, 0.6) is 5.75 Å². The highest BCUT2D eigenvalue weighted by molar-refractivity contribution is 9.10. The van der Waals surface area contributed by atoms with E-state index in [0.717, 1.165) is 10.2 Å². The van der Waals surface area contributed by atoms with E-state index in [9.17, 15) is 4.79 Å². The van der Waals surface area contributed by atoms with Crippen molar-refractivity contribution in [3.63, 3.8) is 0 Å². The van der Waals surface area contributed by atoms with Crippen molar-refractivity contribution >= 4 is 21.7 Å². The number of methoxy groups -OCH3 is 1. The Kier molecular flexibility index (Phi) is 3.81. The summed E-state index contributed by atoms with van der Waals surface area (Å²) in [7, 11) is 3.42. The van der Waals surface area contributed by atoms with Crippen LogP contribution in [0.2, 0.25) is 0 Å². The smallest absolute Gasteiger partial charge is 0.168 e. The van der Waals surface area contributed by atoms with E-state index in [1.807, 2.05) is 19.3 Å². The first-order valence-electron chi connectivity index (χ1n) is 5.45. The summed E-state index contributed by atoms with van der Waals surface area (Å²) in [5.41, 5.74) is 1.42. The minimum absolute atomic E-state index is 0.0389. The maximum atomic E-state index is 12.1. The lowest BCUT2D eigenvalue weighted by Crippen LogP contribution is -2.05. The molecule has 0 saturated carbocycles. The molecule has 0 fully saturated rings. The summed E-state index contributed by atoms with van der Waals surface area (Å²) in [6.45, 7) is 0. The molecule has 1 aromatic heterocycles. The SMILES string of the molecule is COc1ccc(C(=O)Cc2ccn(C)n2)cc1Br. The predicted molar refractivity (Wildman–Crippen MR) is 71.9 cm³/mol. The Morgan fingerprint density at radius 2 is 2.22 bits per heavy atom. The maximum absolute atomic E-state index is 12.1. The topological polar surface area (TPSA) is 44.1 Å². The van der Waals surface area contributed by atoms with Gasteiger partial charge >= 0.3 is 0 Å². The highest BCUT2D eigenvalue weighted by atomic mass is 79.9. The van der Waals surface area contributed by atoms with Crippen molar-refractivity contribution in [2.75, 3.05) is 7.11 Å². The van der Waals surface area contributed by atoms with E-state index >= 15 is 0 Å². The Bertz CT molecular complexity index is 578. The van der Waals surface area contributed by atoms with Crippen molar-refractivity contribution < 1.29 is 9.53 Å². The van der Waals surface area contributed by atoms with Gasteiger partial charge in [0.1, 0.15) is 5.75 Å². The summed E-state index contributed by atoms with van der Waals surface area (Å²) < 4.78 is 7.59. The monoisotopic (exact) mass is 308 g/mol. The zero-order valence-electron chi connectivity index (χ0n) is 10.2. The number of carbonyl (C=O) groups excluding carboxylic acids is 1. The molecular weight excluding hydrogens is 296 g/mol. The van der Waals surface area contributed by atoms with Gasteiger partial charge in [-0.25, -0.2) is 0 Å². The van der Waals surface area contributed by atoms with Gasteiger partial charge in [-0.3, -0.25) is 9.48 Å². The van der Waals surface area contributed by atoms with Crippen molar-refractivity contribution in [2.24, 2.45) is 7.05 Å². The second-order valence-electron chi connectivity index (χ2n) is 3.93. The number of Topliss-reactive ketones (excluding diaryl/α,β-unsaturated/α-hetero) is 1. The molecule has 0 aliphatic carbocycles. The van der Waals surface area contributed by atoms with Crippen LogP contribution in [-0.2, 0) is 13.5 Å². The van der Waals surface area contributed by atoms with E-state index in [0.29, 0.717) is 17.7 Å². The molecule has 0 atom stereocenters. The first-order valence-corrected chi connectivity index (χ1v) is 6.24. The van der Waals surface area contributed by atoms with Crippen molar-refractivity contribution in [3.8, 4) is 5.75 Å². The van der Waals surface area contributed by atoms with Crippen molar-refractivity contribution in [2.45, 2.75) is 6.42 Å². The van der Waals surface area contributed by atoms with Crippen LogP contribution in [0.15, 0.2) is 34.9 Å². The molecule has 0 aliphatic heterocycles. The lowest BCUT2D eigenvalue weighted by molar-refractivity contribution is 0.0991. The molecule has 18 heavy (non-hydrogen) atoms. The summed E-state index contributed by atoms with van der Waals surface area (Å²) in [4.78, 5) is 12.1. The number of rotatable bonds is 4. The third kappa shape index (κ3) is 2.79. The minimum Gasteiger partial charge on any atom is -0.496 e. The molecule has 4 nitrogen and oxygen atoms in total. The molecule has 0 unspecified atom stereocenters. The number of hydrogen-bond acceptors (Lipinski definition) is 3. The van der Waals surface area contributed by atoms with Crippen molar-refractivity contribution in [1.82, 2.24) is 9.78 Å². The largest absolute Gasteiger partial charge is 0.496 e. The van der Waals surface area contributed by atoms with E-state index in [4.69, 9.17) is 4.74 Å². The molecule has 5 heteroatoms. The van der Waals surface area contributed by atoms with E-state index in [1.165, 1.54) is 0 Å². The number of benzene rings is 1. The number of aryl methyl sites for hydroxylation is 1. The predicted octanol–water partition coefficient (Wildman–Crippen LogP) is 2.62. The van der Waals surface area contributed by atoms with E-state index in [1.54, 1.807) is 30.0 Å². The molecule has 0 N–H and O–H groups in total. The summed E-state index contributed by atoms with van der Waals surface area (Å²) >= 11 is 3.37. The molecule has 0 radical (unpaired) electrons. The van der Waals surface area contributed by atoms with Crippen LogP contribution in [0, 0.1) is 0 Å². The normalized spacial score (nSPS) is 10.4. The second-order valence-corrected chi connectivity index (χ2v) is 4.78. The van der Waals surface area contributed by atoms with Crippen LogP contribution >= 0.6 is 15.9 Å². The Hall–Kier alpha value is -1.62. The van der Waals surface area contributed by atoms with Crippen LogP contribution in [0.1, 0.15) is 16.1 Å². The number of aromatic nitrogens is 2. The summed E-state index contributed by atoms with van der Waals surface area (Å²) in [5.74, 6) is 0.751. The molecule has 0 aliphatic rings. The fourth-order valence-corrected chi connectivity index (χ4v) is 2.20. The minimum atomic E-state index is 0.0389. The van der Waals surface area contributed by atoms with Gasteiger partial charge in [0.2, 0.25) is 0 Å². The fourth-order valence-electron chi connectivity index (χ4n) is 1.66. The summed E-state index contributed by atoms with van der Waals surface area (Å²) in [6.07, 6.45) is 2.13. The Morgan fingerprint density at radius 3 is 2.78 bits per heavy atom. The Morgan fingerprint density at radius 1 is 1.44 bits per heavy atom. The van der Waals surface area contributed by atoms with Gasteiger partial charge < -0.3 is 4.74 Å². The van der Waals surface area contributed by atoms with Crippen LogP contribution in [0.3, 0.4) is 0 Å². The van der Waals surface area contributed by atoms with Gasteiger partial charge in [-0.1, -0.05) is 0 Å². The molecule has 2 rings (SSSR count). The molecule has 1 aromatic carbocycles. The van der Waals surface area contributed by atoms with Crippen LogP contribution in [0.25, 0.3) is 0 Å². The number of nitrogens with zero attached hydrogens (tertiary/aromatic N) is 2. The maximum Gasteiger partial charge on any atom is 0.168 e. The quantitative estimate of drug-likeness (QED) is 0.816. The van der Waals surface area contributed by atoms with Crippen LogP contribution in [-0.4, -0.2) is 22.7 Å². The van der Waals surface area contributed by atoms with Gasteiger partial charge in [-0.05, 0) is 40.2 Å². The van der Waals surface area contributed by atoms with Gasteiger partial charge in [-0.15, -0.1) is 0 Å². The molecule has 0 saturated heterocycles. The highest BCUT2D eigenvalue weighted by Gasteiger charge is 2.11. The third-order valence-electron chi connectivity index (χ3n) is 2.58. The second kappa shape index (κ2) is 5.35. The number of ketones is 1. The lowest BCUT2D eigenvalue weighted by Gasteiger charge is -2.05. The number of carbonyl (C=O) groups is 1. The third-order valence-corrected chi connectivity index (χ3v) is 3.20. The molecule has 2 aromatic rings. The molecule has 94 valence electrons. The molecule has 0 spiro atoms. The Labute approximate surface area is 114 Å². The summed E-state index contributed by atoms with van der Waals surface area (Å²) in [6, 6.07) is 7.14. The fraction of sp³-hybridized carbons (Fsp3) is 0.231. The van der Waals surface area contributed by atoms with Gasteiger partial charge in [0.15, 0.2) is 5.78 Å². The zero-order valence-corrected chi connectivity index (χ0v) is 11.8. The first kappa shape index (κ1) is 12.8. The standard InChI is InChI=1S/C13H13BrN2O2/c1-16-6-5-10(15-16)8-12(17)9-3-4-13(18-2)11(14)7-9/h3-7H,8H2,1-2H3. The number of ether oxygens (including phenoxy) is 1. The van der Waals surface area contributed by atoms with Crippen LogP contribution in [0.4, 0.5) is 0 Å². The highest BCUT2D eigenvalue weighted by Crippen LogP contribution is 2.25. The lowest BCUT2D eigenvalue weighted by atomic mass is 10.1. The van der Waals surface area contributed by atoms with E-state index in [2.05, 4.69) is 21.0 Å². The van der Waals surface area contributed by atoms with Gasteiger partial charge in [0.25, 0.3) is 0 Å². The average Bonchev–Trinajstić information content (AvgIpc) is 2.74. The zero-order chi connectivity index (χ0) is 13.1. The van der Waals surface area contributed by atoms with Crippen molar-refractivity contribution in [3.05, 3.63) is 46.2 Å². The molecule has 0 bridgehead atoms. The van der Waals surface area contributed by atoms with E-state index in [-0.39, 0.29) is 5.78 Å². The Balaban J connectivity index is 2.16. The molecular formula is C13H13BrN2O2. The van der Waals surface area contributed by atoms with Gasteiger partial charge in [0, 0.05) is 18.8 Å². The van der Waals surface area contributed by atoms with Crippen LogP contribution < -0.4 is 4.74 Å². The van der Waals surface area contributed by atoms with Crippen molar-refractivity contribution in [1.29, 1.82) is 0 Å². The van der Waals surface area contributed by atoms with E-state index < -0.39 is 0 Å². The number of halogens is 1. The summed E-state index contributed by atoms with van der Waals surface area (Å²) in [5, 5.41) is 4.19. The molecule has 0 amide bonds. The average molecular weight is 309 g/mol. The number of hydrogen-bond donors (Lipinski definition) is 0. The van der Waals surface area contributed by atoms with Gasteiger partial charge in [-0.2, -0.15) is 5.10 Å². The molecule has 1 heterocycles. The first-order chi connectivity index (χ1) is 8.60. The van der Waals surface area contributed by atoms with Gasteiger partial charge in [0.05, 0.1) is 23.7 Å².